The summed E-state index contributed by atoms with van der Waals surface area (Å²) in [7, 11) is 0. The maximum Gasteiger partial charge on any atom is -0.0129 e. The summed E-state index contributed by atoms with van der Waals surface area (Å²) >= 11 is 0. The Kier molecular flexibility index (Phi) is 4.00. The first kappa shape index (κ1) is 15.3. The van der Waals surface area contributed by atoms with Crippen LogP contribution in [0.3, 0.4) is 0 Å². The van der Waals surface area contributed by atoms with Crippen molar-refractivity contribution in [2.45, 2.75) is 79.1 Å². The molecular formula is C18H30. The lowest BCUT2D eigenvalue weighted by atomic mass is 9.73. The van der Waals surface area contributed by atoms with Crippen LogP contribution in [0, 0.1) is 6.92 Å². The Morgan fingerprint density at radius 3 is 1.50 bits per heavy atom. The third-order valence-electron chi connectivity index (χ3n) is 3.64. The SMILES string of the molecule is Cc1cc(C(C)(C)C)c(C(C)(C)C)cc1C(C)C. The van der Waals surface area contributed by atoms with Crippen LogP contribution >= 0.6 is 0 Å². The van der Waals surface area contributed by atoms with Gasteiger partial charge in [-0.2, -0.15) is 0 Å². The number of aryl methyl sites for hydroxylation is 1. The Morgan fingerprint density at radius 1 is 0.778 bits per heavy atom. The molecule has 1 aromatic carbocycles. The van der Waals surface area contributed by atoms with Crippen LogP contribution in [0.25, 0.3) is 0 Å². The summed E-state index contributed by atoms with van der Waals surface area (Å²) in [5.74, 6) is 0.597. The molecule has 0 saturated carbocycles. The number of hydrogen-bond acceptors (Lipinski definition) is 0. The van der Waals surface area contributed by atoms with Crippen LogP contribution in [0.4, 0.5) is 0 Å². The van der Waals surface area contributed by atoms with Crippen LogP contribution in [0.1, 0.15) is 83.6 Å². The van der Waals surface area contributed by atoms with Crippen molar-refractivity contribution in [1.29, 1.82) is 0 Å². The minimum absolute atomic E-state index is 0.208. The fourth-order valence-electron chi connectivity index (χ4n) is 2.59. The molecule has 0 heteroatoms. The number of benzene rings is 1. The summed E-state index contributed by atoms with van der Waals surface area (Å²) in [4.78, 5) is 0. The van der Waals surface area contributed by atoms with Gasteiger partial charge in [-0.25, -0.2) is 0 Å². The molecule has 0 aliphatic rings. The van der Waals surface area contributed by atoms with E-state index in [4.69, 9.17) is 0 Å². The zero-order valence-corrected chi connectivity index (χ0v) is 13.7. The van der Waals surface area contributed by atoms with Crippen molar-refractivity contribution in [3.8, 4) is 0 Å². The standard InChI is InChI=1S/C18H30/c1-12(2)14-11-16(18(7,8)9)15(10-13(14)3)17(4,5)6/h10-12H,1-9H3. The van der Waals surface area contributed by atoms with Crippen molar-refractivity contribution in [1.82, 2.24) is 0 Å². The first-order valence-electron chi connectivity index (χ1n) is 7.10. The second kappa shape index (κ2) is 4.72. The second-order valence-corrected chi connectivity index (χ2v) is 7.91. The maximum absolute atomic E-state index is 2.45. The Bertz CT molecular complexity index is 423. The van der Waals surface area contributed by atoms with E-state index in [0.29, 0.717) is 5.92 Å². The molecule has 1 rings (SSSR count). The lowest BCUT2D eigenvalue weighted by Gasteiger charge is -2.32. The van der Waals surface area contributed by atoms with Crippen molar-refractivity contribution >= 4 is 0 Å². The van der Waals surface area contributed by atoms with Crippen LogP contribution in [0.2, 0.25) is 0 Å². The fourth-order valence-corrected chi connectivity index (χ4v) is 2.59. The van der Waals surface area contributed by atoms with E-state index in [-0.39, 0.29) is 10.8 Å². The highest BCUT2D eigenvalue weighted by Crippen LogP contribution is 2.37. The predicted octanol–water partition coefficient (Wildman–Crippen LogP) is 5.71. The summed E-state index contributed by atoms with van der Waals surface area (Å²) < 4.78 is 0. The quantitative estimate of drug-likeness (QED) is 0.595. The molecule has 0 saturated heterocycles. The molecule has 0 nitrogen and oxygen atoms in total. The van der Waals surface area contributed by atoms with Crippen molar-refractivity contribution in [2.24, 2.45) is 0 Å². The molecule has 0 radical (unpaired) electrons. The third-order valence-corrected chi connectivity index (χ3v) is 3.64. The highest BCUT2D eigenvalue weighted by Gasteiger charge is 2.26. The van der Waals surface area contributed by atoms with Gasteiger partial charge in [0.25, 0.3) is 0 Å². The Morgan fingerprint density at radius 2 is 1.17 bits per heavy atom. The summed E-state index contributed by atoms with van der Waals surface area (Å²) in [5.41, 5.74) is 6.35. The van der Waals surface area contributed by atoms with Crippen molar-refractivity contribution in [2.75, 3.05) is 0 Å². The Balaban J connectivity index is 3.58. The van der Waals surface area contributed by atoms with Gasteiger partial charge in [0.2, 0.25) is 0 Å². The van der Waals surface area contributed by atoms with Gasteiger partial charge in [-0.1, -0.05) is 67.5 Å². The fraction of sp³-hybridized carbons (Fsp3) is 0.667. The minimum Gasteiger partial charge on any atom is -0.0587 e. The van der Waals surface area contributed by atoms with Gasteiger partial charge in [-0.05, 0) is 45.9 Å². The molecule has 0 fully saturated rings. The molecule has 0 aliphatic heterocycles. The monoisotopic (exact) mass is 246 g/mol. The van der Waals surface area contributed by atoms with Gasteiger partial charge in [0.15, 0.2) is 0 Å². The molecule has 1 aromatic rings. The predicted molar refractivity (Wildman–Crippen MR) is 82.7 cm³/mol. The van der Waals surface area contributed by atoms with Gasteiger partial charge in [-0.3, -0.25) is 0 Å². The smallest absolute Gasteiger partial charge is 0.0129 e. The number of hydrogen-bond donors (Lipinski definition) is 0. The summed E-state index contributed by atoms with van der Waals surface area (Å²) in [5, 5.41) is 0. The zero-order valence-electron chi connectivity index (χ0n) is 13.7. The Labute approximate surface area is 114 Å². The summed E-state index contributed by atoms with van der Waals surface area (Å²) in [6.07, 6.45) is 0. The third kappa shape index (κ3) is 3.16. The molecular weight excluding hydrogens is 216 g/mol. The molecule has 102 valence electrons. The highest BCUT2D eigenvalue weighted by atomic mass is 14.3. The first-order chi connectivity index (χ1) is 7.94. The van der Waals surface area contributed by atoms with Crippen LogP contribution in [0.5, 0.6) is 0 Å². The zero-order chi connectivity index (χ0) is 14.3. The van der Waals surface area contributed by atoms with Crippen molar-refractivity contribution in [3.63, 3.8) is 0 Å². The topological polar surface area (TPSA) is 0 Å². The molecule has 0 spiro atoms. The van der Waals surface area contributed by atoms with Gasteiger partial charge in [0.1, 0.15) is 0 Å². The molecule has 0 N–H and O–H groups in total. The minimum atomic E-state index is 0.208. The summed E-state index contributed by atoms with van der Waals surface area (Å²) in [6.45, 7) is 20.7. The Hall–Kier alpha value is -0.780. The van der Waals surface area contributed by atoms with E-state index in [1.54, 1.807) is 0 Å². The lowest BCUT2D eigenvalue weighted by molar-refractivity contribution is 0.528. The van der Waals surface area contributed by atoms with Gasteiger partial charge in [-0.15, -0.1) is 0 Å². The molecule has 0 aromatic heterocycles. The molecule has 0 heterocycles. The second-order valence-electron chi connectivity index (χ2n) is 7.91. The van der Waals surface area contributed by atoms with Crippen molar-refractivity contribution < 1.29 is 0 Å². The van der Waals surface area contributed by atoms with E-state index in [2.05, 4.69) is 74.4 Å². The van der Waals surface area contributed by atoms with E-state index in [9.17, 15) is 0 Å². The normalized spacial score (nSPS) is 13.2. The van der Waals surface area contributed by atoms with Crippen LogP contribution in [-0.4, -0.2) is 0 Å². The number of rotatable bonds is 1. The van der Waals surface area contributed by atoms with Gasteiger partial charge in [0.05, 0.1) is 0 Å². The van der Waals surface area contributed by atoms with Crippen LogP contribution in [-0.2, 0) is 10.8 Å². The highest BCUT2D eigenvalue weighted by molar-refractivity contribution is 5.45. The van der Waals surface area contributed by atoms with E-state index in [1.807, 2.05) is 0 Å². The van der Waals surface area contributed by atoms with Gasteiger partial charge >= 0.3 is 0 Å². The molecule has 0 aliphatic carbocycles. The molecule has 0 atom stereocenters. The maximum atomic E-state index is 2.45. The lowest BCUT2D eigenvalue weighted by Crippen LogP contribution is -2.23. The molecule has 0 amide bonds. The molecule has 0 unspecified atom stereocenters. The van der Waals surface area contributed by atoms with E-state index >= 15 is 0 Å². The summed E-state index contributed by atoms with van der Waals surface area (Å²) in [6, 6.07) is 4.86. The van der Waals surface area contributed by atoms with E-state index in [1.165, 1.54) is 22.3 Å². The molecule has 18 heavy (non-hydrogen) atoms. The van der Waals surface area contributed by atoms with Crippen molar-refractivity contribution in [3.05, 3.63) is 34.4 Å². The van der Waals surface area contributed by atoms with Gasteiger partial charge in [0, 0.05) is 0 Å². The van der Waals surface area contributed by atoms with E-state index in [0.717, 1.165) is 0 Å². The van der Waals surface area contributed by atoms with Gasteiger partial charge < -0.3 is 0 Å². The average molecular weight is 246 g/mol. The van der Waals surface area contributed by atoms with Crippen LogP contribution < -0.4 is 0 Å². The molecule has 0 bridgehead atoms. The largest absolute Gasteiger partial charge is 0.0587 e. The van der Waals surface area contributed by atoms with Crippen LogP contribution in [0.15, 0.2) is 12.1 Å². The van der Waals surface area contributed by atoms with E-state index < -0.39 is 0 Å². The first-order valence-corrected chi connectivity index (χ1v) is 7.10. The average Bonchev–Trinajstić information content (AvgIpc) is 2.13.